The number of ether oxygens (including phenoxy) is 1. The van der Waals surface area contributed by atoms with Gasteiger partial charge in [0.25, 0.3) is 0 Å². The summed E-state index contributed by atoms with van der Waals surface area (Å²) in [6, 6.07) is 0. The fourth-order valence-electron chi connectivity index (χ4n) is 1.38. The summed E-state index contributed by atoms with van der Waals surface area (Å²) in [5, 5.41) is 10.4. The van der Waals surface area contributed by atoms with Crippen LogP contribution in [0.25, 0.3) is 0 Å². The highest BCUT2D eigenvalue weighted by Crippen LogP contribution is 2.04. The Bertz CT molecular complexity index is 163. The van der Waals surface area contributed by atoms with E-state index >= 15 is 0 Å². The first-order valence-electron chi connectivity index (χ1n) is 4.74. The van der Waals surface area contributed by atoms with E-state index in [1.807, 2.05) is 0 Å². The second-order valence-electron chi connectivity index (χ2n) is 3.10. The maximum Gasteiger partial charge on any atom is 0.133 e. The molecule has 0 radical (unpaired) electrons. The number of thiocyanates is 1. The van der Waals surface area contributed by atoms with Gasteiger partial charge in [0, 0.05) is 18.8 Å². The van der Waals surface area contributed by atoms with Crippen LogP contribution in [0.2, 0.25) is 0 Å². The molecule has 0 aliphatic carbocycles. The van der Waals surface area contributed by atoms with Gasteiger partial charge in [0.2, 0.25) is 0 Å². The van der Waals surface area contributed by atoms with E-state index in [0.717, 1.165) is 45.0 Å². The molecule has 0 aromatic carbocycles. The van der Waals surface area contributed by atoms with Crippen LogP contribution in [0.1, 0.15) is 12.8 Å². The Kier molecular flexibility index (Phi) is 6.00. The van der Waals surface area contributed by atoms with Gasteiger partial charge in [-0.15, -0.1) is 0 Å². The molecule has 0 atom stereocenters. The van der Waals surface area contributed by atoms with E-state index in [1.54, 1.807) is 0 Å². The van der Waals surface area contributed by atoms with Crippen molar-refractivity contribution in [1.29, 1.82) is 5.26 Å². The summed E-state index contributed by atoms with van der Waals surface area (Å²) in [4.78, 5) is 2.43. The fraction of sp³-hybridized carbons (Fsp3) is 0.889. The van der Waals surface area contributed by atoms with Gasteiger partial charge in [0.05, 0.1) is 13.2 Å². The van der Waals surface area contributed by atoms with Crippen LogP contribution in [0.3, 0.4) is 0 Å². The minimum Gasteiger partial charge on any atom is -0.379 e. The Morgan fingerprint density at radius 1 is 1.31 bits per heavy atom. The average molecular weight is 200 g/mol. The first-order valence-corrected chi connectivity index (χ1v) is 5.73. The van der Waals surface area contributed by atoms with Gasteiger partial charge in [-0.2, -0.15) is 5.26 Å². The number of hydrogen-bond donors (Lipinski definition) is 0. The zero-order valence-electron chi connectivity index (χ0n) is 7.87. The van der Waals surface area contributed by atoms with Crippen LogP contribution in [0.15, 0.2) is 0 Å². The number of morpholine rings is 1. The Labute approximate surface area is 84.0 Å². The number of nitriles is 1. The standard InChI is InChI=1S/C9H16N2OS/c10-9-13-8-2-1-3-11-4-6-12-7-5-11/h1-8H2. The van der Waals surface area contributed by atoms with E-state index < -0.39 is 0 Å². The second kappa shape index (κ2) is 7.19. The van der Waals surface area contributed by atoms with E-state index in [9.17, 15) is 0 Å². The van der Waals surface area contributed by atoms with Crippen molar-refractivity contribution in [1.82, 2.24) is 4.90 Å². The molecule has 0 spiro atoms. The summed E-state index contributed by atoms with van der Waals surface area (Å²) in [6.07, 6.45) is 2.35. The molecule has 74 valence electrons. The Morgan fingerprint density at radius 2 is 2.08 bits per heavy atom. The number of rotatable bonds is 5. The molecule has 0 bridgehead atoms. The van der Waals surface area contributed by atoms with Crippen LogP contribution < -0.4 is 0 Å². The highest BCUT2D eigenvalue weighted by atomic mass is 32.2. The highest BCUT2D eigenvalue weighted by Gasteiger charge is 2.08. The highest BCUT2D eigenvalue weighted by molar-refractivity contribution is 8.03. The van der Waals surface area contributed by atoms with Gasteiger partial charge in [0.1, 0.15) is 5.40 Å². The molecule has 0 saturated carbocycles. The maximum atomic E-state index is 8.30. The molecule has 0 unspecified atom stereocenters. The summed E-state index contributed by atoms with van der Waals surface area (Å²) in [5.41, 5.74) is 0. The minimum atomic E-state index is 0.882. The van der Waals surface area contributed by atoms with Gasteiger partial charge in [-0.05, 0) is 31.1 Å². The molecule has 0 N–H and O–H groups in total. The average Bonchev–Trinajstić information content (AvgIpc) is 2.19. The Hall–Kier alpha value is -0.240. The molecule has 0 aromatic rings. The maximum absolute atomic E-state index is 8.30. The minimum absolute atomic E-state index is 0.882. The first kappa shape index (κ1) is 10.8. The lowest BCUT2D eigenvalue weighted by molar-refractivity contribution is 0.0374. The van der Waals surface area contributed by atoms with Crippen LogP contribution in [0, 0.1) is 10.7 Å². The molecule has 3 nitrogen and oxygen atoms in total. The number of nitrogens with zero attached hydrogens (tertiary/aromatic N) is 2. The van der Waals surface area contributed by atoms with Crippen LogP contribution in [-0.2, 0) is 4.74 Å². The van der Waals surface area contributed by atoms with Gasteiger partial charge in [0.15, 0.2) is 0 Å². The van der Waals surface area contributed by atoms with E-state index in [0.29, 0.717) is 0 Å². The molecule has 1 fully saturated rings. The fourth-order valence-corrected chi connectivity index (χ4v) is 1.82. The molecule has 0 amide bonds. The van der Waals surface area contributed by atoms with Crippen molar-refractivity contribution in [3.63, 3.8) is 0 Å². The molecular formula is C9H16N2OS. The van der Waals surface area contributed by atoms with E-state index in [2.05, 4.69) is 10.3 Å². The topological polar surface area (TPSA) is 36.3 Å². The number of thioether (sulfide) groups is 1. The molecule has 1 heterocycles. The summed E-state index contributed by atoms with van der Waals surface area (Å²) in [6.45, 7) is 5.08. The van der Waals surface area contributed by atoms with Crippen molar-refractivity contribution in [3.8, 4) is 5.40 Å². The Morgan fingerprint density at radius 3 is 2.77 bits per heavy atom. The van der Waals surface area contributed by atoms with E-state index in [4.69, 9.17) is 10.00 Å². The normalized spacial score (nSPS) is 18.4. The summed E-state index contributed by atoms with van der Waals surface area (Å²) < 4.78 is 5.26. The Balaban J connectivity index is 1.90. The van der Waals surface area contributed by atoms with Crippen molar-refractivity contribution in [2.75, 3.05) is 38.6 Å². The van der Waals surface area contributed by atoms with E-state index in [1.165, 1.54) is 18.2 Å². The molecule has 1 aliphatic heterocycles. The van der Waals surface area contributed by atoms with Crippen molar-refractivity contribution in [3.05, 3.63) is 0 Å². The zero-order chi connectivity index (χ0) is 9.36. The molecule has 1 saturated heterocycles. The van der Waals surface area contributed by atoms with Gasteiger partial charge in [-0.1, -0.05) is 0 Å². The van der Waals surface area contributed by atoms with Gasteiger partial charge in [-0.3, -0.25) is 4.90 Å². The third kappa shape index (κ3) is 5.14. The quantitative estimate of drug-likeness (QED) is 0.495. The smallest absolute Gasteiger partial charge is 0.133 e. The summed E-state index contributed by atoms with van der Waals surface area (Å²) in [5.74, 6) is 0.973. The predicted octanol–water partition coefficient (Wildman–Crippen LogP) is 1.31. The van der Waals surface area contributed by atoms with E-state index in [-0.39, 0.29) is 0 Å². The lowest BCUT2D eigenvalue weighted by Crippen LogP contribution is -2.36. The van der Waals surface area contributed by atoms with Crippen LogP contribution in [0.4, 0.5) is 0 Å². The van der Waals surface area contributed by atoms with Gasteiger partial charge < -0.3 is 4.74 Å². The third-order valence-electron chi connectivity index (χ3n) is 2.14. The molecule has 4 heteroatoms. The van der Waals surface area contributed by atoms with Crippen molar-refractivity contribution >= 4 is 11.8 Å². The van der Waals surface area contributed by atoms with Crippen molar-refractivity contribution in [2.45, 2.75) is 12.8 Å². The molecule has 0 aromatic heterocycles. The number of unbranched alkanes of at least 4 members (excludes halogenated alkanes) is 1. The summed E-state index contributed by atoms with van der Waals surface area (Å²) in [7, 11) is 0. The zero-order valence-corrected chi connectivity index (χ0v) is 8.68. The summed E-state index contributed by atoms with van der Waals surface area (Å²) >= 11 is 1.36. The molecule has 13 heavy (non-hydrogen) atoms. The lowest BCUT2D eigenvalue weighted by Gasteiger charge is -2.26. The van der Waals surface area contributed by atoms with Gasteiger partial charge in [-0.25, -0.2) is 0 Å². The van der Waals surface area contributed by atoms with Gasteiger partial charge >= 0.3 is 0 Å². The van der Waals surface area contributed by atoms with Crippen LogP contribution in [-0.4, -0.2) is 43.5 Å². The molecular weight excluding hydrogens is 184 g/mol. The van der Waals surface area contributed by atoms with Crippen LogP contribution >= 0.6 is 11.8 Å². The second-order valence-corrected chi connectivity index (χ2v) is 3.98. The third-order valence-corrected chi connectivity index (χ3v) is 2.76. The lowest BCUT2D eigenvalue weighted by atomic mass is 10.3. The first-order chi connectivity index (χ1) is 6.43. The van der Waals surface area contributed by atoms with Crippen molar-refractivity contribution < 1.29 is 4.74 Å². The number of hydrogen-bond acceptors (Lipinski definition) is 4. The van der Waals surface area contributed by atoms with Crippen LogP contribution in [0.5, 0.6) is 0 Å². The van der Waals surface area contributed by atoms with Crippen molar-refractivity contribution in [2.24, 2.45) is 0 Å². The molecule has 1 rings (SSSR count). The SMILES string of the molecule is N#CSCCCCN1CCOCC1. The predicted molar refractivity (Wildman–Crippen MR) is 54.6 cm³/mol. The molecule has 1 aliphatic rings. The largest absolute Gasteiger partial charge is 0.379 e. The monoisotopic (exact) mass is 200 g/mol.